The van der Waals surface area contributed by atoms with Crippen molar-refractivity contribution in [3.63, 3.8) is 0 Å². The standard InChI is InChI=1S/C13H16ClN3OS/c1-9(15)5-6-19-8-12-16-13(17-18-12)10-3-2-4-11(14)7-10/h2-4,7,9H,5-6,8,15H2,1H3. The molecule has 0 amide bonds. The van der Waals surface area contributed by atoms with Gasteiger partial charge in [0.05, 0.1) is 5.75 Å². The zero-order valence-electron chi connectivity index (χ0n) is 10.7. The number of aromatic nitrogens is 2. The van der Waals surface area contributed by atoms with E-state index in [1.54, 1.807) is 11.8 Å². The monoisotopic (exact) mass is 297 g/mol. The predicted molar refractivity (Wildman–Crippen MR) is 79.2 cm³/mol. The number of nitrogens with zero attached hydrogens (tertiary/aromatic N) is 2. The molecule has 0 radical (unpaired) electrons. The van der Waals surface area contributed by atoms with Gasteiger partial charge in [-0.1, -0.05) is 28.9 Å². The Morgan fingerprint density at radius 3 is 3.05 bits per heavy atom. The summed E-state index contributed by atoms with van der Waals surface area (Å²) in [7, 11) is 0. The lowest BCUT2D eigenvalue weighted by atomic mass is 10.2. The van der Waals surface area contributed by atoms with E-state index >= 15 is 0 Å². The van der Waals surface area contributed by atoms with Crippen LogP contribution in [-0.2, 0) is 5.75 Å². The molecule has 0 bridgehead atoms. The second-order valence-electron chi connectivity index (χ2n) is 4.34. The SMILES string of the molecule is CC(N)CCSCc1nc(-c2cccc(Cl)c2)no1. The number of halogens is 1. The Labute approximate surface area is 121 Å². The maximum atomic E-state index is 5.93. The van der Waals surface area contributed by atoms with Gasteiger partial charge < -0.3 is 10.3 Å². The molecule has 2 N–H and O–H groups in total. The van der Waals surface area contributed by atoms with Crippen LogP contribution in [0.5, 0.6) is 0 Å². The highest BCUT2D eigenvalue weighted by Gasteiger charge is 2.09. The van der Waals surface area contributed by atoms with E-state index in [1.807, 2.05) is 31.2 Å². The third-order valence-electron chi connectivity index (χ3n) is 2.49. The number of rotatable bonds is 6. The lowest BCUT2D eigenvalue weighted by molar-refractivity contribution is 0.391. The van der Waals surface area contributed by atoms with Crippen molar-refractivity contribution in [1.82, 2.24) is 10.1 Å². The third kappa shape index (κ3) is 4.53. The smallest absolute Gasteiger partial charge is 0.236 e. The van der Waals surface area contributed by atoms with Gasteiger partial charge in [0.15, 0.2) is 0 Å². The van der Waals surface area contributed by atoms with Crippen LogP contribution in [0.2, 0.25) is 5.02 Å². The molecule has 2 rings (SSSR count). The minimum Gasteiger partial charge on any atom is -0.338 e. The molecule has 0 aliphatic heterocycles. The van der Waals surface area contributed by atoms with E-state index in [0.717, 1.165) is 17.7 Å². The zero-order valence-corrected chi connectivity index (χ0v) is 12.2. The first-order chi connectivity index (χ1) is 9.15. The second-order valence-corrected chi connectivity index (χ2v) is 5.88. The van der Waals surface area contributed by atoms with Crippen LogP contribution in [0.4, 0.5) is 0 Å². The van der Waals surface area contributed by atoms with E-state index in [1.165, 1.54) is 0 Å². The summed E-state index contributed by atoms with van der Waals surface area (Å²) in [4.78, 5) is 4.35. The fourth-order valence-corrected chi connectivity index (χ4v) is 2.65. The van der Waals surface area contributed by atoms with Gasteiger partial charge in [0.25, 0.3) is 0 Å². The van der Waals surface area contributed by atoms with Crippen molar-refractivity contribution in [3.05, 3.63) is 35.2 Å². The molecule has 0 spiro atoms. The molecular formula is C13H16ClN3OS. The minimum absolute atomic E-state index is 0.234. The average molecular weight is 298 g/mol. The predicted octanol–water partition coefficient (Wildman–Crippen LogP) is 3.36. The fraction of sp³-hybridized carbons (Fsp3) is 0.385. The molecule has 1 atom stereocenters. The average Bonchev–Trinajstić information content (AvgIpc) is 2.83. The zero-order chi connectivity index (χ0) is 13.7. The number of benzene rings is 1. The van der Waals surface area contributed by atoms with Gasteiger partial charge in [0.1, 0.15) is 0 Å². The normalized spacial score (nSPS) is 12.6. The molecule has 19 heavy (non-hydrogen) atoms. The van der Waals surface area contributed by atoms with Crippen molar-refractivity contribution >= 4 is 23.4 Å². The van der Waals surface area contributed by atoms with Crippen LogP contribution in [0.1, 0.15) is 19.2 Å². The van der Waals surface area contributed by atoms with Gasteiger partial charge in [-0.3, -0.25) is 0 Å². The summed E-state index contributed by atoms with van der Waals surface area (Å²) < 4.78 is 5.21. The maximum Gasteiger partial charge on any atom is 0.236 e. The van der Waals surface area contributed by atoms with Gasteiger partial charge >= 0.3 is 0 Å². The van der Waals surface area contributed by atoms with Crippen molar-refractivity contribution in [1.29, 1.82) is 0 Å². The quantitative estimate of drug-likeness (QED) is 0.828. The molecule has 1 heterocycles. The van der Waals surface area contributed by atoms with E-state index in [0.29, 0.717) is 22.5 Å². The van der Waals surface area contributed by atoms with Crippen LogP contribution in [0.3, 0.4) is 0 Å². The Hall–Kier alpha value is -1.04. The Morgan fingerprint density at radius 1 is 1.47 bits per heavy atom. The van der Waals surface area contributed by atoms with Gasteiger partial charge in [0, 0.05) is 16.6 Å². The van der Waals surface area contributed by atoms with Gasteiger partial charge in [-0.2, -0.15) is 16.7 Å². The van der Waals surface area contributed by atoms with E-state index in [-0.39, 0.29) is 6.04 Å². The van der Waals surface area contributed by atoms with Gasteiger partial charge in [0.2, 0.25) is 11.7 Å². The summed E-state index contributed by atoms with van der Waals surface area (Å²) in [6.45, 7) is 2.00. The molecule has 102 valence electrons. The molecule has 1 unspecified atom stereocenters. The summed E-state index contributed by atoms with van der Waals surface area (Å²) in [6.07, 6.45) is 0.986. The van der Waals surface area contributed by atoms with E-state index in [4.69, 9.17) is 21.9 Å². The fourth-order valence-electron chi connectivity index (χ4n) is 1.49. The molecule has 1 aromatic heterocycles. The first-order valence-electron chi connectivity index (χ1n) is 6.07. The lowest BCUT2D eigenvalue weighted by Gasteiger charge is -2.01. The van der Waals surface area contributed by atoms with Crippen LogP contribution in [0, 0.1) is 0 Å². The molecule has 0 aliphatic carbocycles. The van der Waals surface area contributed by atoms with Crippen LogP contribution in [-0.4, -0.2) is 21.9 Å². The molecule has 1 aromatic carbocycles. The lowest BCUT2D eigenvalue weighted by Crippen LogP contribution is -2.15. The summed E-state index contributed by atoms with van der Waals surface area (Å²) in [6, 6.07) is 7.64. The summed E-state index contributed by atoms with van der Waals surface area (Å²) in [5, 5.41) is 4.62. The Morgan fingerprint density at radius 2 is 2.32 bits per heavy atom. The molecule has 6 heteroatoms. The van der Waals surface area contributed by atoms with Gasteiger partial charge in [-0.15, -0.1) is 0 Å². The number of thioether (sulfide) groups is 1. The van der Waals surface area contributed by atoms with Crippen LogP contribution in [0.15, 0.2) is 28.8 Å². The molecule has 0 fully saturated rings. The molecular weight excluding hydrogens is 282 g/mol. The topological polar surface area (TPSA) is 64.9 Å². The van der Waals surface area contributed by atoms with Crippen LogP contribution in [0.25, 0.3) is 11.4 Å². The number of hydrogen-bond donors (Lipinski definition) is 1. The maximum absolute atomic E-state index is 5.93. The van der Waals surface area contributed by atoms with E-state index in [9.17, 15) is 0 Å². The highest BCUT2D eigenvalue weighted by Crippen LogP contribution is 2.21. The summed E-state index contributed by atoms with van der Waals surface area (Å²) >= 11 is 7.68. The molecule has 0 saturated carbocycles. The first-order valence-corrected chi connectivity index (χ1v) is 7.60. The minimum atomic E-state index is 0.234. The van der Waals surface area contributed by atoms with Crippen molar-refractivity contribution < 1.29 is 4.52 Å². The molecule has 4 nitrogen and oxygen atoms in total. The van der Waals surface area contributed by atoms with Gasteiger partial charge in [-0.05, 0) is 31.2 Å². The van der Waals surface area contributed by atoms with Crippen LogP contribution >= 0.6 is 23.4 Å². The molecule has 0 aliphatic rings. The van der Waals surface area contributed by atoms with E-state index < -0.39 is 0 Å². The summed E-state index contributed by atoms with van der Waals surface area (Å²) in [5.41, 5.74) is 6.55. The van der Waals surface area contributed by atoms with Crippen molar-refractivity contribution in [2.75, 3.05) is 5.75 Å². The van der Waals surface area contributed by atoms with Crippen LogP contribution < -0.4 is 5.73 Å². The Balaban J connectivity index is 1.92. The van der Waals surface area contributed by atoms with Crippen molar-refractivity contribution in [2.24, 2.45) is 5.73 Å². The molecule has 0 saturated heterocycles. The highest BCUT2D eigenvalue weighted by molar-refractivity contribution is 7.98. The highest BCUT2D eigenvalue weighted by atomic mass is 35.5. The Bertz CT molecular complexity index is 530. The number of nitrogens with two attached hydrogens (primary N) is 1. The van der Waals surface area contributed by atoms with Crippen molar-refractivity contribution in [2.45, 2.75) is 25.1 Å². The van der Waals surface area contributed by atoms with E-state index in [2.05, 4.69) is 10.1 Å². The largest absolute Gasteiger partial charge is 0.338 e. The third-order valence-corrected chi connectivity index (χ3v) is 3.70. The van der Waals surface area contributed by atoms with Gasteiger partial charge in [-0.25, -0.2) is 0 Å². The summed E-state index contributed by atoms with van der Waals surface area (Å²) in [5.74, 6) is 2.90. The van der Waals surface area contributed by atoms with Crippen molar-refractivity contribution in [3.8, 4) is 11.4 Å². The Kier molecular flexibility index (Phi) is 5.24. The first kappa shape index (κ1) is 14.4. The molecule has 2 aromatic rings. The number of hydrogen-bond acceptors (Lipinski definition) is 5. The second kappa shape index (κ2) is 6.93.